The van der Waals surface area contributed by atoms with Crippen LogP contribution in [0.1, 0.15) is 53.4 Å². The number of nitrogens with one attached hydrogen (secondary N) is 1. The number of imide groups is 1. The topological polar surface area (TPSA) is 107 Å². The average molecular weight is 379 g/mol. The molecule has 1 spiro atoms. The molecule has 3 atom stereocenters. The molecule has 3 aliphatic rings. The zero-order chi connectivity index (χ0) is 20.2. The lowest BCUT2D eigenvalue weighted by Gasteiger charge is -2.43. The number of hydrogen-bond donors (Lipinski definition) is 2. The molecular weight excluding hydrogens is 350 g/mol. The first-order chi connectivity index (χ1) is 12.4. The zero-order valence-electron chi connectivity index (χ0n) is 16.5. The first-order valence-electron chi connectivity index (χ1n) is 9.53. The summed E-state index contributed by atoms with van der Waals surface area (Å²) in [5, 5.41) is 12.2. The van der Waals surface area contributed by atoms with Crippen molar-refractivity contribution in [3.05, 3.63) is 0 Å². The smallest absolute Gasteiger partial charge is 0.325 e. The third-order valence-electron chi connectivity index (χ3n) is 6.26. The predicted molar refractivity (Wildman–Crippen MR) is 96.7 cm³/mol. The van der Waals surface area contributed by atoms with Crippen molar-refractivity contribution in [1.82, 2.24) is 15.1 Å². The highest BCUT2D eigenvalue weighted by Gasteiger charge is 2.56. The number of nitrogens with zero attached hydrogens (tertiary/aromatic N) is 2. The summed E-state index contributed by atoms with van der Waals surface area (Å²) in [4.78, 5) is 52.0. The highest BCUT2D eigenvalue weighted by molar-refractivity contribution is 6.09. The van der Waals surface area contributed by atoms with Gasteiger partial charge in [0.25, 0.3) is 5.91 Å². The van der Waals surface area contributed by atoms with E-state index in [0.717, 1.165) is 11.3 Å². The van der Waals surface area contributed by atoms with Crippen molar-refractivity contribution in [3.63, 3.8) is 0 Å². The summed E-state index contributed by atoms with van der Waals surface area (Å²) in [6.07, 6.45) is 2.48. The van der Waals surface area contributed by atoms with Gasteiger partial charge < -0.3 is 15.3 Å². The van der Waals surface area contributed by atoms with Crippen molar-refractivity contribution < 1.29 is 24.3 Å². The Bertz CT molecular complexity index is 705. The molecule has 1 aliphatic carbocycles. The lowest BCUT2D eigenvalue weighted by atomic mass is 9.64. The lowest BCUT2D eigenvalue weighted by molar-refractivity contribution is -0.148. The van der Waals surface area contributed by atoms with Crippen LogP contribution in [0.15, 0.2) is 0 Å². The molecule has 8 nitrogen and oxygen atoms in total. The van der Waals surface area contributed by atoms with Gasteiger partial charge in [-0.25, -0.2) is 4.79 Å². The average Bonchev–Trinajstić information content (AvgIpc) is 3.01. The van der Waals surface area contributed by atoms with Gasteiger partial charge in [-0.3, -0.25) is 19.3 Å². The van der Waals surface area contributed by atoms with Gasteiger partial charge in [-0.1, -0.05) is 20.8 Å². The van der Waals surface area contributed by atoms with Crippen LogP contribution in [0.25, 0.3) is 0 Å². The Morgan fingerprint density at radius 3 is 2.44 bits per heavy atom. The number of amides is 4. The van der Waals surface area contributed by atoms with Gasteiger partial charge in [0.05, 0.1) is 5.41 Å². The number of hydrogen-bond acceptors (Lipinski definition) is 4. The second-order valence-corrected chi connectivity index (χ2v) is 9.69. The summed E-state index contributed by atoms with van der Waals surface area (Å²) in [7, 11) is 0. The van der Waals surface area contributed by atoms with Crippen molar-refractivity contribution in [3.8, 4) is 0 Å². The van der Waals surface area contributed by atoms with Gasteiger partial charge in [-0.05, 0) is 43.9 Å². The van der Waals surface area contributed by atoms with Crippen LogP contribution in [0.3, 0.4) is 0 Å². The molecule has 2 aliphatic heterocycles. The Balaban J connectivity index is 1.71. The Morgan fingerprint density at radius 1 is 1.22 bits per heavy atom. The Kier molecular flexibility index (Phi) is 4.51. The maximum atomic E-state index is 13.1. The third-order valence-corrected chi connectivity index (χ3v) is 6.26. The summed E-state index contributed by atoms with van der Waals surface area (Å²) < 4.78 is 0. The number of carboxylic acids is 1. The van der Waals surface area contributed by atoms with Crippen LogP contribution in [0, 0.1) is 16.7 Å². The van der Waals surface area contributed by atoms with E-state index in [9.17, 15) is 24.3 Å². The minimum Gasteiger partial charge on any atom is -0.481 e. The van der Waals surface area contributed by atoms with E-state index >= 15 is 0 Å². The van der Waals surface area contributed by atoms with Gasteiger partial charge in [0.15, 0.2) is 0 Å². The van der Waals surface area contributed by atoms with Crippen LogP contribution in [0.4, 0.5) is 4.79 Å². The first kappa shape index (κ1) is 19.6. The molecule has 1 saturated carbocycles. The molecule has 3 unspecified atom stereocenters. The molecule has 0 radical (unpaired) electrons. The number of likely N-dealkylation sites (tertiary alicyclic amines) is 1. The van der Waals surface area contributed by atoms with Crippen LogP contribution in [-0.2, 0) is 14.4 Å². The van der Waals surface area contributed by atoms with E-state index in [1.165, 1.54) is 4.90 Å². The second kappa shape index (κ2) is 6.21. The minimum atomic E-state index is -0.975. The molecule has 0 bridgehead atoms. The summed E-state index contributed by atoms with van der Waals surface area (Å²) in [5.41, 5.74) is -1.98. The van der Waals surface area contributed by atoms with Crippen LogP contribution in [-0.4, -0.2) is 63.9 Å². The van der Waals surface area contributed by atoms with Crippen molar-refractivity contribution in [2.24, 2.45) is 16.7 Å². The molecule has 4 amide bonds. The predicted octanol–water partition coefficient (Wildman–Crippen LogP) is 1.45. The van der Waals surface area contributed by atoms with E-state index in [2.05, 4.69) is 26.1 Å². The summed E-state index contributed by atoms with van der Waals surface area (Å²) in [6, 6.07) is -0.529. The van der Waals surface area contributed by atoms with Crippen molar-refractivity contribution in [2.45, 2.75) is 58.9 Å². The Hall–Kier alpha value is -2.12. The molecule has 8 heteroatoms. The number of carbonyl (C=O) groups excluding carboxylic acids is 3. The van der Waals surface area contributed by atoms with Crippen LogP contribution in [0.5, 0.6) is 0 Å². The second-order valence-electron chi connectivity index (χ2n) is 9.69. The van der Waals surface area contributed by atoms with Gasteiger partial charge in [-0.15, -0.1) is 0 Å². The minimum absolute atomic E-state index is 0.0706. The Labute approximate surface area is 159 Å². The molecule has 0 aromatic carbocycles. The highest BCUT2D eigenvalue weighted by Crippen LogP contribution is 2.46. The number of rotatable bonds is 3. The maximum absolute atomic E-state index is 13.1. The molecule has 0 aromatic rings. The quantitative estimate of drug-likeness (QED) is 0.722. The van der Waals surface area contributed by atoms with Gasteiger partial charge in [0.2, 0.25) is 5.91 Å². The van der Waals surface area contributed by atoms with Crippen molar-refractivity contribution in [1.29, 1.82) is 0 Å². The van der Waals surface area contributed by atoms with Gasteiger partial charge >= 0.3 is 12.0 Å². The fraction of sp³-hybridized carbons (Fsp3) is 0.789. The lowest BCUT2D eigenvalue weighted by Crippen LogP contribution is -2.54. The summed E-state index contributed by atoms with van der Waals surface area (Å²) in [6.45, 7) is 7.95. The largest absolute Gasteiger partial charge is 0.481 e. The highest BCUT2D eigenvalue weighted by atomic mass is 16.4. The van der Waals surface area contributed by atoms with E-state index < -0.39 is 23.0 Å². The third kappa shape index (κ3) is 3.41. The molecule has 0 aromatic heterocycles. The molecular formula is C19H29N3O5. The molecule has 27 heavy (non-hydrogen) atoms. The summed E-state index contributed by atoms with van der Waals surface area (Å²) >= 11 is 0. The normalized spacial score (nSPS) is 35.6. The number of carbonyl (C=O) groups is 4. The number of urea groups is 1. The van der Waals surface area contributed by atoms with Gasteiger partial charge in [-0.2, -0.15) is 0 Å². The van der Waals surface area contributed by atoms with E-state index in [1.807, 2.05) is 0 Å². The molecule has 2 N–H and O–H groups in total. The molecule has 2 heterocycles. The van der Waals surface area contributed by atoms with Crippen LogP contribution in [0.2, 0.25) is 0 Å². The van der Waals surface area contributed by atoms with E-state index in [0.29, 0.717) is 31.7 Å². The Morgan fingerprint density at radius 2 is 1.89 bits per heavy atom. The molecule has 3 rings (SSSR count). The fourth-order valence-corrected chi connectivity index (χ4v) is 5.23. The number of aliphatic carboxylic acids is 1. The monoisotopic (exact) mass is 379 g/mol. The van der Waals surface area contributed by atoms with Gasteiger partial charge in [0, 0.05) is 13.1 Å². The van der Waals surface area contributed by atoms with Gasteiger partial charge in [0.1, 0.15) is 12.1 Å². The van der Waals surface area contributed by atoms with Crippen LogP contribution < -0.4 is 5.32 Å². The van der Waals surface area contributed by atoms with Crippen molar-refractivity contribution >= 4 is 23.8 Å². The molecule has 150 valence electrons. The fourth-order valence-electron chi connectivity index (χ4n) is 5.23. The van der Waals surface area contributed by atoms with E-state index in [1.54, 1.807) is 6.92 Å². The summed E-state index contributed by atoms with van der Waals surface area (Å²) in [5.74, 6) is -1.36. The SMILES string of the molecule is CC1CC(C)(C)CC2(C1)NC(=O)N(CC(=O)N1CCC(C)(C(=O)O)C1)C2=O. The van der Waals surface area contributed by atoms with E-state index in [-0.39, 0.29) is 30.3 Å². The first-order valence-corrected chi connectivity index (χ1v) is 9.53. The molecule has 2 saturated heterocycles. The molecule has 3 fully saturated rings. The van der Waals surface area contributed by atoms with Crippen molar-refractivity contribution in [2.75, 3.05) is 19.6 Å². The zero-order valence-corrected chi connectivity index (χ0v) is 16.5. The standard InChI is InChI=1S/C19H29N3O5/c1-12-7-17(2,3)10-19(8-12)14(24)22(16(27)20-19)9-13(23)21-6-5-18(4,11-21)15(25)26/h12H,5-11H2,1-4H3,(H,20,27)(H,25,26). The van der Waals surface area contributed by atoms with E-state index in [4.69, 9.17) is 0 Å². The van der Waals surface area contributed by atoms with Crippen LogP contribution >= 0.6 is 0 Å². The number of carboxylic acid groups (broad SMARTS) is 1. The maximum Gasteiger partial charge on any atom is 0.325 e.